The van der Waals surface area contributed by atoms with E-state index in [1.54, 1.807) is 0 Å². The van der Waals surface area contributed by atoms with E-state index in [1.807, 2.05) is 0 Å². The molecule has 4 N–H and O–H groups in total. The first kappa shape index (κ1) is 28.8. The van der Waals surface area contributed by atoms with Crippen molar-refractivity contribution in [2.75, 3.05) is 33.7 Å². The fraction of sp³-hybridized carbons (Fsp3) is 0.933. The number of hydrogen-bond donors (Lipinski definition) is 2. The maximum Gasteiger partial charge on any atom is 0.319 e. The van der Waals surface area contributed by atoms with E-state index in [-0.39, 0.29) is 48.1 Å². The number of nitrogens with zero attached hydrogens (tertiary/aromatic N) is 1. The summed E-state index contributed by atoms with van der Waals surface area (Å²) in [5, 5.41) is 0. The molecule has 0 saturated heterocycles. The van der Waals surface area contributed by atoms with Gasteiger partial charge in [-0.1, -0.05) is 20.8 Å². The van der Waals surface area contributed by atoms with E-state index < -0.39 is 0 Å². The molecule has 0 aromatic rings. The third-order valence-corrected chi connectivity index (χ3v) is 11.6. The lowest BCUT2D eigenvalue weighted by Crippen LogP contribution is -2.60. The van der Waals surface area contributed by atoms with Crippen LogP contribution in [-0.4, -0.2) is 62.8 Å². The first-order valence-electron chi connectivity index (χ1n) is 15.0. The van der Waals surface area contributed by atoms with Crippen LogP contribution < -0.4 is 11.5 Å². The zero-order valence-corrected chi connectivity index (χ0v) is 24.0. The molecule has 0 aliphatic heterocycles. The van der Waals surface area contributed by atoms with Gasteiger partial charge in [0.05, 0.1) is 13.1 Å². The summed E-state index contributed by atoms with van der Waals surface area (Å²) in [6.45, 7) is 8.39. The van der Waals surface area contributed by atoms with Crippen molar-refractivity contribution >= 4 is 11.9 Å². The van der Waals surface area contributed by atoms with Gasteiger partial charge in [0.2, 0.25) is 0 Å². The standard InChI is InChI=1S/C30H53N3O4/c1-19(7-6-14-33(4)5)23-10-11-24-22-9-8-20-15-21(36-27(34)17-31)12-13-29(20,2)25(22)16-26(30(23,24)3)37-28(35)18-32/h19-26H,6-18,31-32H2,1-5H3/t19-,20-,21-,22+,23-,24+,25+,26+,29+,30-/m1/s1. The molecule has 4 saturated carbocycles. The molecule has 0 heterocycles. The number of fused-ring (bicyclic) bond motifs is 5. The highest BCUT2D eigenvalue weighted by atomic mass is 16.5. The molecular formula is C30H53N3O4. The van der Waals surface area contributed by atoms with Gasteiger partial charge >= 0.3 is 11.9 Å². The predicted molar refractivity (Wildman–Crippen MR) is 145 cm³/mol. The monoisotopic (exact) mass is 519 g/mol. The predicted octanol–water partition coefficient (Wildman–Crippen LogP) is 3.97. The highest BCUT2D eigenvalue weighted by molar-refractivity contribution is 5.72. The molecule has 10 atom stereocenters. The van der Waals surface area contributed by atoms with Gasteiger partial charge in [0.1, 0.15) is 12.2 Å². The molecule has 7 nitrogen and oxygen atoms in total. The van der Waals surface area contributed by atoms with Gasteiger partial charge in [0, 0.05) is 5.41 Å². The van der Waals surface area contributed by atoms with Crippen LogP contribution in [0.5, 0.6) is 0 Å². The molecule has 37 heavy (non-hydrogen) atoms. The Morgan fingerprint density at radius 3 is 2.32 bits per heavy atom. The summed E-state index contributed by atoms with van der Waals surface area (Å²) in [4.78, 5) is 26.8. The molecule has 0 spiro atoms. The minimum atomic E-state index is -0.291. The van der Waals surface area contributed by atoms with E-state index in [2.05, 4.69) is 39.8 Å². The zero-order valence-electron chi connectivity index (χ0n) is 24.0. The van der Waals surface area contributed by atoms with Crippen molar-refractivity contribution in [1.29, 1.82) is 0 Å². The molecule has 0 amide bonds. The van der Waals surface area contributed by atoms with Crippen molar-refractivity contribution in [3.8, 4) is 0 Å². The van der Waals surface area contributed by atoms with Crippen molar-refractivity contribution in [2.24, 2.45) is 57.8 Å². The Labute approximate surface area is 224 Å². The third kappa shape index (κ3) is 5.47. The Morgan fingerprint density at radius 1 is 0.946 bits per heavy atom. The van der Waals surface area contributed by atoms with Crippen molar-refractivity contribution in [3.63, 3.8) is 0 Å². The van der Waals surface area contributed by atoms with Crippen LogP contribution in [0.15, 0.2) is 0 Å². The van der Waals surface area contributed by atoms with Gasteiger partial charge in [0.25, 0.3) is 0 Å². The second kappa shape index (κ2) is 11.5. The number of nitrogens with two attached hydrogens (primary N) is 2. The normalized spacial score (nSPS) is 41.9. The van der Waals surface area contributed by atoms with Gasteiger partial charge in [-0.3, -0.25) is 9.59 Å². The lowest BCUT2D eigenvalue weighted by atomic mass is 9.43. The van der Waals surface area contributed by atoms with Crippen LogP contribution in [0, 0.1) is 46.3 Å². The summed E-state index contributed by atoms with van der Waals surface area (Å²) in [7, 11) is 4.29. The minimum Gasteiger partial charge on any atom is -0.461 e. The molecule has 0 unspecified atom stereocenters. The van der Waals surface area contributed by atoms with Gasteiger partial charge in [-0.15, -0.1) is 0 Å². The quantitative estimate of drug-likeness (QED) is 0.444. The Bertz CT molecular complexity index is 821. The van der Waals surface area contributed by atoms with Crippen molar-refractivity contribution < 1.29 is 19.1 Å². The van der Waals surface area contributed by atoms with Crippen molar-refractivity contribution in [3.05, 3.63) is 0 Å². The lowest BCUT2D eigenvalue weighted by Gasteiger charge is -2.62. The molecule has 4 aliphatic carbocycles. The van der Waals surface area contributed by atoms with Crippen molar-refractivity contribution in [2.45, 2.75) is 97.2 Å². The van der Waals surface area contributed by atoms with Gasteiger partial charge in [-0.25, -0.2) is 0 Å². The maximum absolute atomic E-state index is 12.6. The van der Waals surface area contributed by atoms with E-state index in [1.165, 1.54) is 38.5 Å². The first-order valence-corrected chi connectivity index (χ1v) is 15.0. The molecule has 0 aromatic heterocycles. The molecule has 4 fully saturated rings. The Hall–Kier alpha value is -1.18. The van der Waals surface area contributed by atoms with E-state index in [0.29, 0.717) is 35.5 Å². The summed E-state index contributed by atoms with van der Waals surface area (Å²) >= 11 is 0. The van der Waals surface area contributed by atoms with E-state index >= 15 is 0 Å². The van der Waals surface area contributed by atoms with Crippen LogP contribution in [0.4, 0.5) is 0 Å². The number of hydrogen-bond acceptors (Lipinski definition) is 7. The average molecular weight is 520 g/mol. The number of carbonyl (C=O) groups excluding carboxylic acids is 2. The minimum absolute atomic E-state index is 0.00993. The zero-order chi connectivity index (χ0) is 27.0. The van der Waals surface area contributed by atoms with Crippen molar-refractivity contribution in [1.82, 2.24) is 4.90 Å². The first-order chi connectivity index (χ1) is 17.5. The van der Waals surface area contributed by atoms with E-state index in [4.69, 9.17) is 20.9 Å². The average Bonchev–Trinajstić information content (AvgIpc) is 3.22. The summed E-state index contributed by atoms with van der Waals surface area (Å²) in [6, 6.07) is 0. The molecule has 0 aromatic carbocycles. The SMILES string of the molecule is C[C@H](CCCN(C)C)[C@H]1CC[C@H]2[C@@H]3CC[C@@H]4C[C@H](OC(=O)CN)CC[C@]4(C)[C@H]3C[C@H](OC(=O)CN)[C@]12C. The summed E-state index contributed by atoms with van der Waals surface area (Å²) < 4.78 is 12.0. The maximum atomic E-state index is 12.6. The van der Waals surface area contributed by atoms with Crippen LogP contribution in [0.25, 0.3) is 0 Å². The van der Waals surface area contributed by atoms with Crippen LogP contribution in [-0.2, 0) is 19.1 Å². The molecular weight excluding hydrogens is 466 g/mol. The molecule has 4 rings (SSSR count). The largest absolute Gasteiger partial charge is 0.461 e. The third-order valence-electron chi connectivity index (χ3n) is 11.6. The van der Waals surface area contributed by atoms with Gasteiger partial charge in [-0.2, -0.15) is 0 Å². The Morgan fingerprint density at radius 2 is 1.65 bits per heavy atom. The van der Waals surface area contributed by atoms with Gasteiger partial charge in [0.15, 0.2) is 0 Å². The molecule has 0 bridgehead atoms. The number of esters is 2. The summed E-state index contributed by atoms with van der Waals surface area (Å²) in [6.07, 6.45) is 11.1. The molecule has 0 radical (unpaired) electrons. The fourth-order valence-electron chi connectivity index (χ4n) is 9.77. The van der Waals surface area contributed by atoms with Crippen LogP contribution in [0.2, 0.25) is 0 Å². The van der Waals surface area contributed by atoms with Crippen LogP contribution in [0.3, 0.4) is 0 Å². The second-order valence-electron chi connectivity index (χ2n) is 13.6. The topological polar surface area (TPSA) is 108 Å². The number of carbonyl (C=O) groups is 2. The van der Waals surface area contributed by atoms with Gasteiger partial charge in [-0.05, 0) is 126 Å². The molecule has 4 aliphatic rings. The van der Waals surface area contributed by atoms with Gasteiger partial charge < -0.3 is 25.8 Å². The highest BCUT2D eigenvalue weighted by Crippen LogP contribution is 2.69. The second-order valence-corrected chi connectivity index (χ2v) is 13.6. The highest BCUT2D eigenvalue weighted by Gasteiger charge is 2.65. The fourth-order valence-corrected chi connectivity index (χ4v) is 9.77. The van der Waals surface area contributed by atoms with E-state index in [9.17, 15) is 9.59 Å². The number of rotatable bonds is 9. The lowest BCUT2D eigenvalue weighted by molar-refractivity contribution is -0.198. The Kier molecular flexibility index (Phi) is 8.97. The Balaban J connectivity index is 1.56. The molecule has 212 valence electrons. The molecule has 7 heteroatoms. The smallest absolute Gasteiger partial charge is 0.319 e. The summed E-state index contributed by atoms with van der Waals surface area (Å²) in [5.41, 5.74) is 11.5. The van der Waals surface area contributed by atoms with Crippen LogP contribution >= 0.6 is 0 Å². The summed E-state index contributed by atoms with van der Waals surface area (Å²) in [5.74, 6) is 2.99. The van der Waals surface area contributed by atoms with Crippen LogP contribution in [0.1, 0.15) is 85.0 Å². The number of ether oxygens (including phenoxy) is 2. The van der Waals surface area contributed by atoms with E-state index in [0.717, 1.165) is 32.2 Å².